The maximum atomic E-state index is 12.8. The molecule has 0 aromatic carbocycles. The Balaban J connectivity index is 2.01. The van der Waals surface area contributed by atoms with Gasteiger partial charge in [-0.1, -0.05) is 19.6 Å². The Labute approximate surface area is 190 Å². The van der Waals surface area contributed by atoms with Crippen LogP contribution in [-0.4, -0.2) is 80.5 Å². The Morgan fingerprint density at radius 2 is 1.74 bits per heavy atom. The zero-order chi connectivity index (χ0) is 23.4. The first-order chi connectivity index (χ1) is 14.2. The van der Waals surface area contributed by atoms with E-state index in [0.29, 0.717) is 38.2 Å². The molecule has 2 atom stereocenters. The predicted molar refractivity (Wildman–Crippen MR) is 127 cm³/mol. The zero-order valence-corrected chi connectivity index (χ0v) is 22.0. The van der Waals surface area contributed by atoms with Gasteiger partial charge < -0.3 is 24.6 Å². The van der Waals surface area contributed by atoms with Gasteiger partial charge in [0.15, 0.2) is 0 Å². The monoisotopic (exact) mass is 455 g/mol. The van der Waals surface area contributed by atoms with Gasteiger partial charge in [-0.15, -0.1) is 0 Å². The van der Waals surface area contributed by atoms with Crippen LogP contribution < -0.4 is 5.32 Å². The van der Waals surface area contributed by atoms with Crippen LogP contribution in [0.1, 0.15) is 47.5 Å². The highest BCUT2D eigenvalue weighted by Crippen LogP contribution is 2.28. The molecule has 7 nitrogen and oxygen atoms in total. The van der Waals surface area contributed by atoms with Crippen molar-refractivity contribution in [2.24, 2.45) is 11.8 Å². The molecule has 0 unspecified atom stereocenters. The summed E-state index contributed by atoms with van der Waals surface area (Å²) in [6.45, 7) is 19.8. The van der Waals surface area contributed by atoms with E-state index in [9.17, 15) is 9.59 Å². The molecule has 8 heteroatoms. The molecule has 1 saturated carbocycles. The fourth-order valence-electron chi connectivity index (χ4n) is 3.73. The molecule has 1 aliphatic heterocycles. The molecule has 2 aliphatic rings. The van der Waals surface area contributed by atoms with E-state index in [-0.39, 0.29) is 24.1 Å². The van der Waals surface area contributed by atoms with E-state index < -0.39 is 13.7 Å². The van der Waals surface area contributed by atoms with Crippen LogP contribution in [0, 0.1) is 11.8 Å². The maximum Gasteiger partial charge on any atom is 0.410 e. The first-order valence-corrected chi connectivity index (χ1v) is 15.6. The SMILES string of the molecule is CC(C)N(C[C@@H]1CN(C(=O)OC(C)(C)C)C[C@H]1CNC1CC1)C(=O)OCC[Si](C)(C)C. The van der Waals surface area contributed by atoms with Crippen LogP contribution in [-0.2, 0) is 9.47 Å². The molecule has 0 bridgehead atoms. The second kappa shape index (κ2) is 10.6. The molecule has 2 amide bonds. The van der Waals surface area contributed by atoms with E-state index in [4.69, 9.17) is 9.47 Å². The summed E-state index contributed by atoms with van der Waals surface area (Å²) in [7, 11) is -1.25. The summed E-state index contributed by atoms with van der Waals surface area (Å²) in [6.07, 6.45) is 1.96. The van der Waals surface area contributed by atoms with Crippen molar-refractivity contribution >= 4 is 20.3 Å². The van der Waals surface area contributed by atoms with Crippen LogP contribution in [0.2, 0.25) is 25.7 Å². The molecule has 1 heterocycles. The maximum absolute atomic E-state index is 12.8. The largest absolute Gasteiger partial charge is 0.450 e. The number of ether oxygens (including phenoxy) is 2. The molecule has 0 spiro atoms. The molecule has 2 fully saturated rings. The van der Waals surface area contributed by atoms with Gasteiger partial charge in [-0.2, -0.15) is 0 Å². The Bertz CT molecular complexity index is 611. The van der Waals surface area contributed by atoms with Crippen LogP contribution in [0.3, 0.4) is 0 Å². The molecule has 1 N–H and O–H groups in total. The van der Waals surface area contributed by atoms with Gasteiger partial charge in [0.25, 0.3) is 0 Å². The van der Waals surface area contributed by atoms with Crippen molar-refractivity contribution in [3.8, 4) is 0 Å². The smallest absolute Gasteiger partial charge is 0.410 e. The molecule has 0 aromatic heterocycles. The summed E-state index contributed by atoms with van der Waals surface area (Å²) in [6, 6.07) is 1.63. The topological polar surface area (TPSA) is 71.1 Å². The number of rotatable bonds is 9. The molecule has 2 rings (SSSR count). The molecule has 0 radical (unpaired) electrons. The third-order valence-corrected chi connectivity index (χ3v) is 7.55. The summed E-state index contributed by atoms with van der Waals surface area (Å²) >= 11 is 0. The van der Waals surface area contributed by atoms with E-state index >= 15 is 0 Å². The second-order valence-corrected chi connectivity index (χ2v) is 17.4. The van der Waals surface area contributed by atoms with Gasteiger partial charge in [0, 0.05) is 52.3 Å². The van der Waals surface area contributed by atoms with Crippen molar-refractivity contribution in [1.82, 2.24) is 15.1 Å². The van der Waals surface area contributed by atoms with Crippen molar-refractivity contribution in [3.63, 3.8) is 0 Å². The average molecular weight is 456 g/mol. The second-order valence-electron chi connectivity index (χ2n) is 11.8. The van der Waals surface area contributed by atoms with Gasteiger partial charge in [0.1, 0.15) is 5.60 Å². The molecule has 31 heavy (non-hydrogen) atoms. The fourth-order valence-corrected chi connectivity index (χ4v) is 4.45. The van der Waals surface area contributed by atoms with Gasteiger partial charge in [-0.25, -0.2) is 9.59 Å². The van der Waals surface area contributed by atoms with E-state index in [1.807, 2.05) is 44.4 Å². The number of hydrogen-bond donors (Lipinski definition) is 1. The molecule has 1 aliphatic carbocycles. The first kappa shape index (κ1) is 26.0. The molecule has 180 valence electrons. The standard InChI is InChI=1S/C23H45N3O4Si/c1-17(2)26(22(28)29-11-12-31(6,7)8)16-19-15-25(21(27)30-23(3,4)5)14-18(19)13-24-20-9-10-20/h17-20,24H,9-16H2,1-8H3/t18-,19+/m1/s1. The minimum absolute atomic E-state index is 0.0481. The Morgan fingerprint density at radius 3 is 2.26 bits per heavy atom. The number of amides is 2. The minimum atomic E-state index is -1.25. The number of carbonyl (C=O) groups is 2. The predicted octanol–water partition coefficient (Wildman–Crippen LogP) is 4.41. The van der Waals surface area contributed by atoms with Crippen LogP contribution in [0.5, 0.6) is 0 Å². The van der Waals surface area contributed by atoms with Gasteiger partial charge in [-0.3, -0.25) is 0 Å². The van der Waals surface area contributed by atoms with E-state index in [1.165, 1.54) is 12.8 Å². The highest BCUT2D eigenvalue weighted by atomic mass is 28.3. The zero-order valence-electron chi connectivity index (χ0n) is 21.0. The summed E-state index contributed by atoms with van der Waals surface area (Å²) < 4.78 is 11.2. The number of nitrogens with one attached hydrogen (secondary N) is 1. The Morgan fingerprint density at radius 1 is 1.13 bits per heavy atom. The van der Waals surface area contributed by atoms with Crippen molar-refractivity contribution in [1.29, 1.82) is 0 Å². The van der Waals surface area contributed by atoms with Gasteiger partial charge in [0.05, 0.1) is 6.61 Å². The lowest BCUT2D eigenvalue weighted by molar-refractivity contribution is 0.0281. The molecule has 1 saturated heterocycles. The Kier molecular flexibility index (Phi) is 8.84. The number of likely N-dealkylation sites (tertiary alicyclic amines) is 1. The van der Waals surface area contributed by atoms with E-state index in [2.05, 4.69) is 25.0 Å². The molecule has 0 aromatic rings. The lowest BCUT2D eigenvalue weighted by Gasteiger charge is -2.31. The number of nitrogens with zero attached hydrogens (tertiary/aromatic N) is 2. The van der Waals surface area contributed by atoms with Crippen LogP contribution in [0.25, 0.3) is 0 Å². The summed E-state index contributed by atoms with van der Waals surface area (Å²) in [5.74, 6) is 0.495. The van der Waals surface area contributed by atoms with Crippen molar-refractivity contribution < 1.29 is 19.1 Å². The normalized spacial score (nSPS) is 22.0. The quantitative estimate of drug-likeness (QED) is 0.522. The third kappa shape index (κ3) is 9.39. The summed E-state index contributed by atoms with van der Waals surface area (Å²) in [5.41, 5.74) is -0.513. The van der Waals surface area contributed by atoms with Gasteiger partial charge in [-0.05, 0) is 59.4 Å². The fraction of sp³-hybridized carbons (Fsp3) is 0.913. The Hall–Kier alpha value is -1.28. The first-order valence-electron chi connectivity index (χ1n) is 11.9. The van der Waals surface area contributed by atoms with Crippen molar-refractivity contribution in [2.75, 3.05) is 32.8 Å². The highest BCUT2D eigenvalue weighted by molar-refractivity contribution is 6.76. The van der Waals surface area contributed by atoms with E-state index in [1.54, 1.807) is 0 Å². The van der Waals surface area contributed by atoms with Crippen molar-refractivity contribution in [2.45, 2.75) is 90.8 Å². The summed E-state index contributed by atoms with van der Waals surface area (Å²) in [4.78, 5) is 29.2. The molecular weight excluding hydrogens is 410 g/mol. The average Bonchev–Trinajstić information content (AvgIpc) is 3.34. The van der Waals surface area contributed by atoms with Crippen LogP contribution in [0.15, 0.2) is 0 Å². The summed E-state index contributed by atoms with van der Waals surface area (Å²) in [5, 5.41) is 3.61. The number of carbonyl (C=O) groups excluding carboxylic acids is 2. The number of hydrogen-bond acceptors (Lipinski definition) is 5. The third-order valence-electron chi connectivity index (χ3n) is 5.84. The molecular formula is C23H45N3O4Si. The highest BCUT2D eigenvalue weighted by Gasteiger charge is 2.39. The minimum Gasteiger partial charge on any atom is -0.450 e. The van der Waals surface area contributed by atoms with Crippen LogP contribution >= 0.6 is 0 Å². The van der Waals surface area contributed by atoms with Gasteiger partial charge >= 0.3 is 12.2 Å². The lowest BCUT2D eigenvalue weighted by atomic mass is 9.95. The van der Waals surface area contributed by atoms with E-state index in [0.717, 1.165) is 12.6 Å². The lowest BCUT2D eigenvalue weighted by Crippen LogP contribution is -2.44. The van der Waals surface area contributed by atoms with Crippen LogP contribution in [0.4, 0.5) is 9.59 Å². The van der Waals surface area contributed by atoms with Crippen molar-refractivity contribution in [3.05, 3.63) is 0 Å². The van der Waals surface area contributed by atoms with Gasteiger partial charge in [0.2, 0.25) is 0 Å².